The largest absolute Gasteiger partial charge is 0.466 e. The number of methoxy groups -OCH3 is 2. The molecule has 0 N–H and O–H groups in total. The highest BCUT2D eigenvalue weighted by molar-refractivity contribution is 5.92. The van der Waals surface area contributed by atoms with Crippen LogP contribution < -0.4 is 0 Å². The van der Waals surface area contributed by atoms with Crippen LogP contribution in [0, 0.1) is 0 Å². The number of esters is 4. The standard InChI is InChI=1S/C18H25NO9/c1-24-15(20)3-5-17(22)27-13-14(7-8-19-9-11-26-12-10-19)28-18(23)6-4-16(21)25-2/h3-6,14H,7-13H2,1-2H3/b5-3+,6-4+. The van der Waals surface area contributed by atoms with Crippen LogP contribution >= 0.6 is 0 Å². The molecule has 0 spiro atoms. The summed E-state index contributed by atoms with van der Waals surface area (Å²) in [5.41, 5.74) is 0. The Morgan fingerprint density at radius 1 is 0.893 bits per heavy atom. The lowest BCUT2D eigenvalue weighted by Crippen LogP contribution is -2.39. The Kier molecular flexibility index (Phi) is 11.2. The lowest BCUT2D eigenvalue weighted by atomic mass is 10.2. The molecular weight excluding hydrogens is 374 g/mol. The van der Waals surface area contributed by atoms with Gasteiger partial charge in [0.1, 0.15) is 12.7 Å². The molecule has 10 nitrogen and oxygen atoms in total. The van der Waals surface area contributed by atoms with Crippen molar-refractivity contribution in [2.75, 3.05) is 53.7 Å². The molecule has 0 radical (unpaired) electrons. The van der Waals surface area contributed by atoms with Gasteiger partial charge < -0.3 is 23.7 Å². The van der Waals surface area contributed by atoms with Crippen LogP contribution in [0.1, 0.15) is 6.42 Å². The quantitative estimate of drug-likeness (QED) is 0.273. The van der Waals surface area contributed by atoms with E-state index in [1.165, 1.54) is 14.2 Å². The van der Waals surface area contributed by atoms with Crippen molar-refractivity contribution in [2.45, 2.75) is 12.5 Å². The maximum Gasteiger partial charge on any atom is 0.331 e. The smallest absolute Gasteiger partial charge is 0.331 e. The van der Waals surface area contributed by atoms with Gasteiger partial charge in [-0.1, -0.05) is 0 Å². The van der Waals surface area contributed by atoms with Crippen molar-refractivity contribution < 1.29 is 42.9 Å². The van der Waals surface area contributed by atoms with E-state index in [-0.39, 0.29) is 6.61 Å². The number of hydrogen-bond acceptors (Lipinski definition) is 10. The highest BCUT2D eigenvalue weighted by atomic mass is 16.6. The topological polar surface area (TPSA) is 118 Å². The summed E-state index contributed by atoms with van der Waals surface area (Å²) >= 11 is 0. The second kappa shape index (κ2) is 13.4. The van der Waals surface area contributed by atoms with Crippen molar-refractivity contribution in [3.8, 4) is 0 Å². The fourth-order valence-corrected chi connectivity index (χ4v) is 2.16. The Bertz CT molecular complexity index is 594. The zero-order chi connectivity index (χ0) is 20.8. The van der Waals surface area contributed by atoms with E-state index in [0.717, 1.165) is 37.4 Å². The zero-order valence-electron chi connectivity index (χ0n) is 16.0. The van der Waals surface area contributed by atoms with Crippen molar-refractivity contribution >= 4 is 23.9 Å². The van der Waals surface area contributed by atoms with E-state index < -0.39 is 30.0 Å². The Morgan fingerprint density at radius 2 is 1.43 bits per heavy atom. The third kappa shape index (κ3) is 10.4. The average Bonchev–Trinajstić information content (AvgIpc) is 2.72. The molecule has 10 heteroatoms. The number of ether oxygens (including phenoxy) is 5. The lowest BCUT2D eigenvalue weighted by Gasteiger charge is -2.28. The molecule has 1 saturated heterocycles. The van der Waals surface area contributed by atoms with Gasteiger partial charge in [0.15, 0.2) is 0 Å². The summed E-state index contributed by atoms with van der Waals surface area (Å²) in [6, 6.07) is 0. The summed E-state index contributed by atoms with van der Waals surface area (Å²) in [5.74, 6) is -2.93. The van der Waals surface area contributed by atoms with E-state index in [9.17, 15) is 19.2 Å². The van der Waals surface area contributed by atoms with Gasteiger partial charge in [-0.05, 0) is 0 Å². The molecule has 0 bridgehead atoms. The monoisotopic (exact) mass is 399 g/mol. The van der Waals surface area contributed by atoms with Gasteiger partial charge in [0.25, 0.3) is 0 Å². The molecule has 156 valence electrons. The molecule has 1 atom stereocenters. The number of carbonyl (C=O) groups excluding carboxylic acids is 4. The van der Waals surface area contributed by atoms with Gasteiger partial charge >= 0.3 is 23.9 Å². The molecule has 1 heterocycles. The van der Waals surface area contributed by atoms with E-state index in [4.69, 9.17) is 14.2 Å². The van der Waals surface area contributed by atoms with Gasteiger partial charge in [0.2, 0.25) is 0 Å². The maximum absolute atomic E-state index is 11.9. The summed E-state index contributed by atoms with van der Waals surface area (Å²) in [5, 5.41) is 0. The molecule has 1 aliphatic heterocycles. The van der Waals surface area contributed by atoms with Crippen LogP contribution in [0.25, 0.3) is 0 Å². The van der Waals surface area contributed by atoms with Crippen LogP contribution in [0.4, 0.5) is 0 Å². The van der Waals surface area contributed by atoms with Crippen molar-refractivity contribution in [3.05, 3.63) is 24.3 Å². The Labute approximate surface area is 163 Å². The molecule has 28 heavy (non-hydrogen) atoms. The van der Waals surface area contributed by atoms with E-state index >= 15 is 0 Å². The van der Waals surface area contributed by atoms with Crippen LogP contribution in [0.2, 0.25) is 0 Å². The highest BCUT2D eigenvalue weighted by Crippen LogP contribution is 2.06. The molecule has 0 aromatic carbocycles. The summed E-state index contributed by atoms with van der Waals surface area (Å²) in [4.78, 5) is 47.7. The van der Waals surface area contributed by atoms with Crippen LogP contribution in [0.15, 0.2) is 24.3 Å². The van der Waals surface area contributed by atoms with Gasteiger partial charge in [0, 0.05) is 50.4 Å². The Balaban J connectivity index is 2.57. The lowest BCUT2D eigenvalue weighted by molar-refractivity contribution is -0.153. The van der Waals surface area contributed by atoms with Crippen LogP contribution in [0.5, 0.6) is 0 Å². The van der Waals surface area contributed by atoms with Gasteiger partial charge in [-0.25, -0.2) is 19.2 Å². The summed E-state index contributed by atoms with van der Waals surface area (Å²) in [6.07, 6.45) is 3.40. The van der Waals surface area contributed by atoms with Crippen molar-refractivity contribution in [1.29, 1.82) is 0 Å². The first kappa shape index (κ1) is 23.3. The normalized spacial score (nSPS) is 15.9. The van der Waals surface area contributed by atoms with Crippen LogP contribution in [0.3, 0.4) is 0 Å². The number of carbonyl (C=O) groups is 4. The van der Waals surface area contributed by atoms with Crippen LogP contribution in [-0.2, 0) is 42.9 Å². The minimum absolute atomic E-state index is 0.202. The second-order valence-corrected chi connectivity index (χ2v) is 5.64. The van der Waals surface area contributed by atoms with Crippen molar-refractivity contribution in [1.82, 2.24) is 4.90 Å². The predicted molar refractivity (Wildman–Crippen MR) is 95.0 cm³/mol. The third-order valence-corrected chi connectivity index (χ3v) is 3.68. The maximum atomic E-state index is 11.9. The van der Waals surface area contributed by atoms with Gasteiger partial charge in [-0.15, -0.1) is 0 Å². The first-order chi connectivity index (χ1) is 13.4. The molecule has 0 aliphatic carbocycles. The fraction of sp³-hybridized carbons (Fsp3) is 0.556. The zero-order valence-corrected chi connectivity index (χ0v) is 16.0. The molecule has 1 rings (SSSR count). The first-order valence-corrected chi connectivity index (χ1v) is 8.64. The fourth-order valence-electron chi connectivity index (χ4n) is 2.16. The van der Waals surface area contributed by atoms with E-state index in [1.807, 2.05) is 0 Å². The number of morpholine rings is 1. The summed E-state index contributed by atoms with van der Waals surface area (Å²) in [7, 11) is 2.37. The predicted octanol–water partition coefficient (Wildman–Crippen LogP) is -0.378. The molecular formula is C18H25NO9. The first-order valence-electron chi connectivity index (χ1n) is 8.64. The molecule has 0 saturated carbocycles. The van der Waals surface area contributed by atoms with Crippen molar-refractivity contribution in [2.24, 2.45) is 0 Å². The number of nitrogens with zero attached hydrogens (tertiary/aromatic N) is 1. The third-order valence-electron chi connectivity index (χ3n) is 3.68. The molecule has 0 aromatic heterocycles. The Hall–Kier alpha value is -2.72. The summed E-state index contributed by atoms with van der Waals surface area (Å²) < 4.78 is 24.3. The minimum atomic E-state index is -0.775. The average molecular weight is 399 g/mol. The molecule has 1 aliphatic rings. The van der Waals surface area contributed by atoms with E-state index in [0.29, 0.717) is 26.2 Å². The van der Waals surface area contributed by atoms with E-state index in [1.54, 1.807) is 0 Å². The molecule has 0 amide bonds. The molecule has 1 unspecified atom stereocenters. The number of hydrogen-bond donors (Lipinski definition) is 0. The minimum Gasteiger partial charge on any atom is -0.466 e. The van der Waals surface area contributed by atoms with Crippen LogP contribution in [-0.4, -0.2) is 88.6 Å². The number of rotatable bonds is 10. The van der Waals surface area contributed by atoms with E-state index in [2.05, 4.69) is 14.4 Å². The molecule has 0 aromatic rings. The second-order valence-electron chi connectivity index (χ2n) is 5.64. The van der Waals surface area contributed by atoms with Crippen molar-refractivity contribution in [3.63, 3.8) is 0 Å². The highest BCUT2D eigenvalue weighted by Gasteiger charge is 2.18. The van der Waals surface area contributed by atoms with Gasteiger partial charge in [0.05, 0.1) is 27.4 Å². The van der Waals surface area contributed by atoms with Gasteiger partial charge in [-0.3, -0.25) is 4.90 Å². The Morgan fingerprint density at radius 3 is 2.00 bits per heavy atom. The molecule has 1 fully saturated rings. The summed E-state index contributed by atoms with van der Waals surface area (Å²) in [6.45, 7) is 3.17. The van der Waals surface area contributed by atoms with Gasteiger partial charge in [-0.2, -0.15) is 0 Å². The SMILES string of the molecule is COC(=O)/C=C/C(=O)OCC(CCN1CCOCC1)OC(=O)/C=C/C(=O)OC.